The number of hydrogen-bond acceptors (Lipinski definition) is 3. The monoisotopic (exact) mass is 337 g/mol. The van der Waals surface area contributed by atoms with Crippen molar-refractivity contribution in [3.8, 4) is 0 Å². The number of aromatic nitrogens is 2. The Kier molecular flexibility index (Phi) is 4.25. The van der Waals surface area contributed by atoms with E-state index in [1.807, 2.05) is 6.92 Å². The molecule has 0 N–H and O–H groups in total. The molecular weight excluding hydrogens is 317 g/mol. The number of hydrogen-bond donors (Lipinski definition) is 0. The summed E-state index contributed by atoms with van der Waals surface area (Å²) in [5.74, 6) is -0.0519. The predicted octanol–water partition coefficient (Wildman–Crippen LogP) is 2.81. The van der Waals surface area contributed by atoms with E-state index in [2.05, 4.69) is 4.98 Å². The second-order valence-electron chi connectivity index (χ2n) is 5.90. The van der Waals surface area contributed by atoms with Gasteiger partial charge in [-0.3, -0.25) is 0 Å². The molecule has 5 nitrogen and oxygen atoms in total. The third-order valence-corrected chi connectivity index (χ3v) is 6.01. The normalized spacial score (nSPS) is 16.7. The smallest absolute Gasteiger partial charge is 0.262 e. The molecule has 1 aromatic heterocycles. The maximum absolute atomic E-state index is 13.2. The molecule has 0 spiro atoms. The van der Waals surface area contributed by atoms with Crippen LogP contribution in [0.5, 0.6) is 0 Å². The molecule has 7 heteroatoms. The zero-order valence-corrected chi connectivity index (χ0v) is 14.0. The van der Waals surface area contributed by atoms with E-state index in [0.717, 1.165) is 18.4 Å². The molecule has 0 aliphatic heterocycles. The third kappa shape index (κ3) is 3.16. The van der Waals surface area contributed by atoms with Crippen molar-refractivity contribution in [1.29, 1.82) is 0 Å². The van der Waals surface area contributed by atoms with E-state index < -0.39 is 10.0 Å². The summed E-state index contributed by atoms with van der Waals surface area (Å²) in [6, 6.07) is 5.78. The van der Waals surface area contributed by atoms with Crippen molar-refractivity contribution >= 4 is 10.0 Å². The number of benzene rings is 1. The van der Waals surface area contributed by atoms with Gasteiger partial charge in [-0.2, -0.15) is 4.31 Å². The molecule has 1 aliphatic carbocycles. The Morgan fingerprint density at radius 1 is 1.35 bits per heavy atom. The first-order valence-electron chi connectivity index (χ1n) is 7.68. The first kappa shape index (κ1) is 16.1. The van der Waals surface area contributed by atoms with Crippen molar-refractivity contribution in [2.24, 2.45) is 5.92 Å². The zero-order chi connectivity index (χ0) is 16.6. The summed E-state index contributed by atoms with van der Waals surface area (Å²) in [5, 5.41) is 0.0506. The number of sulfonamides is 1. The van der Waals surface area contributed by atoms with E-state index in [0.29, 0.717) is 6.54 Å². The van der Waals surface area contributed by atoms with Crippen LogP contribution in [0.15, 0.2) is 41.8 Å². The van der Waals surface area contributed by atoms with Gasteiger partial charge in [0.15, 0.2) is 5.03 Å². The van der Waals surface area contributed by atoms with Gasteiger partial charge in [0.1, 0.15) is 5.82 Å². The number of imidazole rings is 1. The quantitative estimate of drug-likeness (QED) is 0.814. The Balaban J connectivity index is 1.94. The van der Waals surface area contributed by atoms with E-state index in [1.165, 1.54) is 22.8 Å². The molecule has 1 fully saturated rings. The SMILES string of the molecule is CCn1cnc(S(=O)(=O)N(C)[C@@H](c2ccc(F)cc2)C2CC2)c1. The molecule has 23 heavy (non-hydrogen) atoms. The summed E-state index contributed by atoms with van der Waals surface area (Å²) in [5.41, 5.74) is 0.815. The van der Waals surface area contributed by atoms with E-state index >= 15 is 0 Å². The van der Waals surface area contributed by atoms with Gasteiger partial charge < -0.3 is 4.57 Å². The van der Waals surface area contributed by atoms with Crippen LogP contribution in [-0.2, 0) is 16.6 Å². The molecule has 0 unspecified atom stereocenters. The molecule has 1 saturated carbocycles. The lowest BCUT2D eigenvalue weighted by atomic mass is 10.0. The molecular formula is C16H20FN3O2S. The number of aryl methyl sites for hydroxylation is 1. The average molecular weight is 337 g/mol. The van der Waals surface area contributed by atoms with E-state index in [9.17, 15) is 12.8 Å². The van der Waals surface area contributed by atoms with Crippen LogP contribution in [0.1, 0.15) is 31.4 Å². The fourth-order valence-corrected chi connectivity index (χ4v) is 4.13. The summed E-state index contributed by atoms with van der Waals surface area (Å²) < 4.78 is 42.0. The first-order chi connectivity index (χ1) is 10.9. The van der Waals surface area contributed by atoms with Crippen molar-refractivity contribution in [2.75, 3.05) is 7.05 Å². The van der Waals surface area contributed by atoms with Crippen molar-refractivity contribution in [1.82, 2.24) is 13.9 Å². The van der Waals surface area contributed by atoms with Crippen molar-refractivity contribution in [2.45, 2.75) is 37.4 Å². The summed E-state index contributed by atoms with van der Waals surface area (Å²) in [6.07, 6.45) is 5.02. The van der Waals surface area contributed by atoms with Gasteiger partial charge in [-0.25, -0.2) is 17.8 Å². The van der Waals surface area contributed by atoms with Crippen LogP contribution in [-0.4, -0.2) is 29.3 Å². The van der Waals surface area contributed by atoms with Gasteiger partial charge in [0.25, 0.3) is 10.0 Å². The summed E-state index contributed by atoms with van der Waals surface area (Å²) in [7, 11) is -2.11. The Morgan fingerprint density at radius 3 is 2.52 bits per heavy atom. The van der Waals surface area contributed by atoms with E-state index in [-0.39, 0.29) is 22.8 Å². The molecule has 1 aliphatic rings. The topological polar surface area (TPSA) is 55.2 Å². The Bertz CT molecular complexity index is 782. The fraction of sp³-hybridized carbons (Fsp3) is 0.438. The van der Waals surface area contributed by atoms with Crippen LogP contribution in [0.2, 0.25) is 0 Å². The average Bonchev–Trinajstić information content (AvgIpc) is 3.24. The van der Waals surface area contributed by atoms with Gasteiger partial charge in [-0.15, -0.1) is 0 Å². The molecule has 0 saturated heterocycles. The molecule has 1 heterocycles. The summed E-state index contributed by atoms with van der Waals surface area (Å²) in [6.45, 7) is 2.59. The Labute approximate surface area is 135 Å². The lowest BCUT2D eigenvalue weighted by Crippen LogP contribution is -2.32. The minimum Gasteiger partial charge on any atom is -0.336 e. The lowest BCUT2D eigenvalue weighted by molar-refractivity contribution is 0.341. The molecule has 0 radical (unpaired) electrons. The minimum absolute atomic E-state index is 0.0506. The van der Waals surface area contributed by atoms with Gasteiger partial charge in [-0.1, -0.05) is 12.1 Å². The van der Waals surface area contributed by atoms with Crippen LogP contribution in [0.4, 0.5) is 4.39 Å². The molecule has 3 rings (SSSR count). The first-order valence-corrected chi connectivity index (χ1v) is 9.12. The number of rotatable bonds is 6. The Morgan fingerprint density at radius 2 is 2.00 bits per heavy atom. The van der Waals surface area contributed by atoms with E-state index in [4.69, 9.17) is 0 Å². The van der Waals surface area contributed by atoms with Crippen LogP contribution in [0, 0.1) is 11.7 Å². The molecule has 1 aromatic carbocycles. The zero-order valence-electron chi connectivity index (χ0n) is 13.2. The van der Waals surface area contributed by atoms with Gasteiger partial charge in [0.05, 0.1) is 12.4 Å². The van der Waals surface area contributed by atoms with Crippen LogP contribution in [0.3, 0.4) is 0 Å². The standard InChI is InChI=1S/C16H20FN3O2S/c1-3-20-10-15(18-11-20)23(21,22)19(2)16(12-4-5-12)13-6-8-14(17)9-7-13/h6-12,16H,3-5H2,1-2H3/t16-/m1/s1. The highest BCUT2D eigenvalue weighted by Gasteiger charge is 2.40. The van der Waals surface area contributed by atoms with Crippen LogP contribution in [0.25, 0.3) is 0 Å². The molecule has 124 valence electrons. The Hall–Kier alpha value is -1.73. The fourth-order valence-electron chi connectivity index (χ4n) is 2.79. The van der Waals surface area contributed by atoms with Crippen molar-refractivity contribution in [3.63, 3.8) is 0 Å². The van der Waals surface area contributed by atoms with Crippen LogP contribution >= 0.6 is 0 Å². The predicted molar refractivity (Wildman–Crippen MR) is 84.7 cm³/mol. The minimum atomic E-state index is -3.68. The largest absolute Gasteiger partial charge is 0.336 e. The van der Waals surface area contributed by atoms with Gasteiger partial charge in [0, 0.05) is 19.8 Å². The molecule has 1 atom stereocenters. The summed E-state index contributed by atoms with van der Waals surface area (Å²) in [4.78, 5) is 4.02. The number of nitrogens with zero attached hydrogens (tertiary/aromatic N) is 3. The molecule has 0 bridgehead atoms. The molecule has 2 aromatic rings. The molecule has 0 amide bonds. The summed E-state index contributed by atoms with van der Waals surface area (Å²) >= 11 is 0. The second kappa shape index (κ2) is 6.05. The van der Waals surface area contributed by atoms with Gasteiger partial charge >= 0.3 is 0 Å². The van der Waals surface area contributed by atoms with Crippen LogP contribution < -0.4 is 0 Å². The third-order valence-electron chi connectivity index (χ3n) is 4.29. The lowest BCUT2D eigenvalue weighted by Gasteiger charge is -2.27. The van der Waals surface area contributed by atoms with Gasteiger partial charge in [0.2, 0.25) is 0 Å². The number of halogens is 1. The van der Waals surface area contributed by atoms with Gasteiger partial charge in [-0.05, 0) is 43.4 Å². The van der Waals surface area contributed by atoms with Crippen molar-refractivity contribution < 1.29 is 12.8 Å². The second-order valence-corrected chi connectivity index (χ2v) is 7.84. The maximum Gasteiger partial charge on any atom is 0.262 e. The highest BCUT2D eigenvalue weighted by molar-refractivity contribution is 7.89. The highest BCUT2D eigenvalue weighted by Crippen LogP contribution is 2.45. The van der Waals surface area contributed by atoms with Crippen molar-refractivity contribution in [3.05, 3.63) is 48.2 Å². The van der Waals surface area contributed by atoms with E-state index in [1.54, 1.807) is 29.9 Å². The highest BCUT2D eigenvalue weighted by atomic mass is 32.2. The maximum atomic E-state index is 13.2.